The molecule has 28 heavy (non-hydrogen) atoms. The summed E-state index contributed by atoms with van der Waals surface area (Å²) in [7, 11) is 0. The van der Waals surface area contributed by atoms with Gasteiger partial charge in [-0.05, 0) is 49.8 Å². The summed E-state index contributed by atoms with van der Waals surface area (Å²) >= 11 is 0. The number of benzene rings is 1. The summed E-state index contributed by atoms with van der Waals surface area (Å²) in [6.45, 7) is 5.20. The van der Waals surface area contributed by atoms with Gasteiger partial charge in [0.25, 0.3) is 0 Å². The molecule has 0 aliphatic carbocycles. The molecule has 0 saturated carbocycles. The first kappa shape index (κ1) is 19.6. The van der Waals surface area contributed by atoms with Gasteiger partial charge in [0.2, 0.25) is 5.91 Å². The van der Waals surface area contributed by atoms with Crippen molar-refractivity contribution in [3.63, 3.8) is 0 Å². The zero-order valence-corrected chi connectivity index (χ0v) is 16.3. The third-order valence-corrected chi connectivity index (χ3v) is 4.69. The highest BCUT2D eigenvalue weighted by atomic mass is 16.2. The van der Waals surface area contributed by atoms with E-state index in [0.29, 0.717) is 25.2 Å². The molecule has 146 valence electrons. The Hall–Kier alpha value is -3.15. The van der Waals surface area contributed by atoms with Crippen LogP contribution >= 0.6 is 0 Å². The number of pyridine rings is 1. The molecule has 1 atom stereocenters. The quantitative estimate of drug-likeness (QED) is 0.806. The van der Waals surface area contributed by atoms with Crippen molar-refractivity contribution < 1.29 is 9.59 Å². The van der Waals surface area contributed by atoms with Gasteiger partial charge in [0.1, 0.15) is 0 Å². The van der Waals surface area contributed by atoms with Crippen LogP contribution in [-0.2, 0) is 4.79 Å². The highest BCUT2D eigenvalue weighted by Crippen LogP contribution is 2.19. The monoisotopic (exact) mass is 378 g/mol. The number of carbonyl (C=O) groups excluding carboxylic acids is 2. The predicted molar refractivity (Wildman–Crippen MR) is 112 cm³/mol. The first-order valence-corrected chi connectivity index (χ1v) is 9.55. The lowest BCUT2D eigenvalue weighted by Gasteiger charge is -2.21. The first-order chi connectivity index (χ1) is 13.5. The molecule has 0 spiro atoms. The first-order valence-electron chi connectivity index (χ1n) is 9.55. The van der Waals surface area contributed by atoms with Gasteiger partial charge in [0, 0.05) is 43.4 Å². The average molecular weight is 378 g/mol. The number of hydrogen-bond donors (Lipinski definition) is 2. The van der Waals surface area contributed by atoms with Crippen molar-refractivity contribution in [2.24, 2.45) is 5.92 Å². The van der Waals surface area contributed by atoms with Gasteiger partial charge in [-0.2, -0.15) is 0 Å². The molecule has 3 rings (SSSR count). The molecule has 0 unspecified atom stereocenters. The van der Waals surface area contributed by atoms with E-state index in [4.69, 9.17) is 0 Å². The number of urea groups is 1. The van der Waals surface area contributed by atoms with Crippen LogP contribution in [0.5, 0.6) is 0 Å². The molecule has 0 radical (unpaired) electrons. The predicted octanol–water partition coefficient (Wildman–Crippen LogP) is 3.63. The molecule has 1 saturated heterocycles. The number of anilines is 1. The summed E-state index contributed by atoms with van der Waals surface area (Å²) in [5.41, 5.74) is 2.56. The largest absolute Gasteiger partial charge is 0.340 e. The van der Waals surface area contributed by atoms with Gasteiger partial charge in [-0.3, -0.25) is 9.78 Å². The Bertz CT molecular complexity index is 849. The summed E-state index contributed by atoms with van der Waals surface area (Å²) in [6, 6.07) is 13.3. The van der Waals surface area contributed by atoms with E-state index in [1.165, 1.54) is 0 Å². The van der Waals surface area contributed by atoms with E-state index in [1.54, 1.807) is 6.20 Å². The van der Waals surface area contributed by atoms with Crippen LogP contribution in [0.4, 0.5) is 10.5 Å². The van der Waals surface area contributed by atoms with Gasteiger partial charge < -0.3 is 15.5 Å². The number of rotatable bonds is 6. The van der Waals surface area contributed by atoms with Gasteiger partial charge >= 0.3 is 6.03 Å². The van der Waals surface area contributed by atoms with Crippen molar-refractivity contribution in [3.05, 3.63) is 59.9 Å². The fourth-order valence-electron chi connectivity index (χ4n) is 3.23. The van der Waals surface area contributed by atoms with E-state index in [0.717, 1.165) is 11.3 Å². The third-order valence-electron chi connectivity index (χ3n) is 4.69. The van der Waals surface area contributed by atoms with E-state index in [2.05, 4.69) is 15.6 Å². The summed E-state index contributed by atoms with van der Waals surface area (Å²) in [4.78, 5) is 30.3. The van der Waals surface area contributed by atoms with Crippen LogP contribution in [0, 0.1) is 5.92 Å². The Labute approximate surface area is 165 Å². The van der Waals surface area contributed by atoms with E-state index in [1.807, 2.05) is 73.4 Å². The molecule has 2 heterocycles. The average Bonchev–Trinajstić information content (AvgIpc) is 3.07. The molecule has 1 aromatic heterocycles. The third kappa shape index (κ3) is 5.42. The van der Waals surface area contributed by atoms with Crippen LogP contribution in [0.3, 0.4) is 0 Å². The van der Waals surface area contributed by atoms with Gasteiger partial charge in [0.05, 0.1) is 5.69 Å². The normalized spacial score (nSPS) is 16.8. The number of carbonyl (C=O) groups is 2. The van der Waals surface area contributed by atoms with Crippen molar-refractivity contribution >= 4 is 29.8 Å². The second-order valence-corrected chi connectivity index (χ2v) is 7.26. The minimum atomic E-state index is -0.263. The van der Waals surface area contributed by atoms with Crippen LogP contribution in [0.25, 0.3) is 12.2 Å². The Balaban J connectivity index is 1.51. The van der Waals surface area contributed by atoms with Crippen LogP contribution in [0.1, 0.15) is 31.5 Å². The second kappa shape index (κ2) is 9.17. The molecular formula is C22H26N4O2. The van der Waals surface area contributed by atoms with Crippen LogP contribution in [-0.4, -0.2) is 41.0 Å². The molecule has 2 aromatic rings. The van der Waals surface area contributed by atoms with Crippen molar-refractivity contribution in [1.29, 1.82) is 0 Å². The lowest BCUT2D eigenvalue weighted by Crippen LogP contribution is -2.35. The summed E-state index contributed by atoms with van der Waals surface area (Å²) in [5, 5.41) is 5.73. The SMILES string of the molecule is CC(C)N1C[C@H](CNC(=O)Nc2cccc(/C=C/c3ccccn3)c2)CC1=O. The van der Waals surface area contributed by atoms with Crippen molar-refractivity contribution in [2.45, 2.75) is 26.3 Å². The number of hydrogen-bond acceptors (Lipinski definition) is 3. The van der Waals surface area contributed by atoms with E-state index in [-0.39, 0.29) is 23.9 Å². The van der Waals surface area contributed by atoms with Crippen molar-refractivity contribution in [1.82, 2.24) is 15.2 Å². The fourth-order valence-corrected chi connectivity index (χ4v) is 3.23. The van der Waals surface area contributed by atoms with Crippen LogP contribution < -0.4 is 10.6 Å². The highest BCUT2D eigenvalue weighted by molar-refractivity contribution is 5.90. The minimum Gasteiger partial charge on any atom is -0.340 e. The molecule has 1 fully saturated rings. The lowest BCUT2D eigenvalue weighted by molar-refractivity contribution is -0.129. The number of nitrogens with zero attached hydrogens (tertiary/aromatic N) is 2. The Morgan fingerprint density at radius 1 is 1.25 bits per heavy atom. The maximum Gasteiger partial charge on any atom is 0.319 e. The number of aromatic nitrogens is 1. The molecule has 1 aromatic carbocycles. The van der Waals surface area contributed by atoms with E-state index < -0.39 is 0 Å². The number of likely N-dealkylation sites (tertiary alicyclic amines) is 1. The van der Waals surface area contributed by atoms with E-state index in [9.17, 15) is 9.59 Å². The molecule has 3 amide bonds. The fraction of sp³-hybridized carbons (Fsp3) is 0.318. The molecule has 2 N–H and O–H groups in total. The van der Waals surface area contributed by atoms with Gasteiger partial charge in [-0.1, -0.05) is 24.3 Å². The second-order valence-electron chi connectivity index (χ2n) is 7.26. The number of nitrogens with one attached hydrogen (secondary N) is 2. The number of amides is 3. The molecule has 0 bridgehead atoms. The van der Waals surface area contributed by atoms with Crippen LogP contribution in [0.15, 0.2) is 48.7 Å². The molecular weight excluding hydrogens is 352 g/mol. The molecule has 6 heteroatoms. The van der Waals surface area contributed by atoms with Crippen molar-refractivity contribution in [2.75, 3.05) is 18.4 Å². The zero-order chi connectivity index (χ0) is 19.9. The molecule has 1 aliphatic heterocycles. The summed E-state index contributed by atoms with van der Waals surface area (Å²) < 4.78 is 0. The van der Waals surface area contributed by atoms with Crippen molar-refractivity contribution in [3.8, 4) is 0 Å². The standard InChI is InChI=1S/C22H26N4O2/c1-16(2)26-15-18(13-21(26)27)14-24-22(28)25-20-8-5-6-17(12-20)9-10-19-7-3-4-11-23-19/h3-12,16,18H,13-15H2,1-2H3,(H2,24,25,28)/b10-9+/t18-/m0/s1. The highest BCUT2D eigenvalue weighted by Gasteiger charge is 2.31. The maximum absolute atomic E-state index is 12.2. The Morgan fingerprint density at radius 3 is 2.82 bits per heavy atom. The maximum atomic E-state index is 12.2. The summed E-state index contributed by atoms with van der Waals surface area (Å²) in [6.07, 6.45) is 6.12. The lowest BCUT2D eigenvalue weighted by atomic mass is 10.1. The summed E-state index contributed by atoms with van der Waals surface area (Å²) in [5.74, 6) is 0.322. The van der Waals surface area contributed by atoms with Gasteiger partial charge in [0.15, 0.2) is 0 Å². The molecule has 1 aliphatic rings. The van der Waals surface area contributed by atoms with Crippen LogP contribution in [0.2, 0.25) is 0 Å². The minimum absolute atomic E-state index is 0.160. The van der Waals surface area contributed by atoms with E-state index >= 15 is 0 Å². The Kier molecular flexibility index (Phi) is 6.42. The molecule has 6 nitrogen and oxygen atoms in total. The zero-order valence-electron chi connectivity index (χ0n) is 16.3. The van der Waals surface area contributed by atoms with Gasteiger partial charge in [-0.15, -0.1) is 0 Å². The van der Waals surface area contributed by atoms with Gasteiger partial charge in [-0.25, -0.2) is 4.79 Å². The Morgan fingerprint density at radius 2 is 2.11 bits per heavy atom. The smallest absolute Gasteiger partial charge is 0.319 e. The topological polar surface area (TPSA) is 74.3 Å².